The summed E-state index contributed by atoms with van der Waals surface area (Å²) in [5.74, 6) is -0.510. The average molecular weight is 400 g/mol. The molecule has 30 heavy (non-hydrogen) atoms. The van der Waals surface area contributed by atoms with Crippen LogP contribution in [0.3, 0.4) is 0 Å². The molecule has 1 atom stereocenters. The molecule has 0 aromatic heterocycles. The number of ketones is 1. The zero-order valence-corrected chi connectivity index (χ0v) is 17.1. The van der Waals surface area contributed by atoms with Gasteiger partial charge in [-0.05, 0) is 48.4 Å². The van der Waals surface area contributed by atoms with Gasteiger partial charge >= 0.3 is 5.97 Å². The zero-order chi connectivity index (χ0) is 21.3. The molecule has 4 heteroatoms. The Morgan fingerprint density at radius 1 is 0.900 bits per heavy atom. The minimum absolute atomic E-state index is 0.0358. The summed E-state index contributed by atoms with van der Waals surface area (Å²) in [4.78, 5) is 25.4. The van der Waals surface area contributed by atoms with Crippen molar-refractivity contribution in [3.05, 3.63) is 107 Å². The van der Waals surface area contributed by atoms with Gasteiger partial charge in [0.15, 0.2) is 5.78 Å². The second-order valence-corrected chi connectivity index (χ2v) is 6.93. The molecule has 0 heterocycles. The van der Waals surface area contributed by atoms with Gasteiger partial charge in [0.05, 0.1) is 13.0 Å². The lowest BCUT2D eigenvalue weighted by molar-refractivity contribution is -0.137. The van der Waals surface area contributed by atoms with E-state index in [1.165, 1.54) is 6.08 Å². The van der Waals surface area contributed by atoms with Gasteiger partial charge in [-0.1, -0.05) is 60.2 Å². The highest BCUT2D eigenvalue weighted by molar-refractivity contribution is 6.01. The van der Waals surface area contributed by atoms with E-state index in [2.05, 4.69) is 0 Å². The molecule has 0 saturated carbocycles. The number of carbonyl (C=O) groups is 2. The molecule has 0 saturated heterocycles. The fraction of sp³-hybridized carbons (Fsp3) is 0.154. The van der Waals surface area contributed by atoms with Gasteiger partial charge in [0, 0.05) is 11.6 Å². The van der Waals surface area contributed by atoms with Crippen molar-refractivity contribution in [2.45, 2.75) is 12.8 Å². The molecule has 152 valence electrons. The lowest BCUT2D eigenvalue weighted by Gasteiger charge is -2.17. The second kappa shape index (κ2) is 10.2. The summed E-state index contributed by atoms with van der Waals surface area (Å²) in [5.41, 5.74) is 3.34. The van der Waals surface area contributed by atoms with Gasteiger partial charge in [0.1, 0.15) is 12.4 Å². The van der Waals surface area contributed by atoms with Crippen LogP contribution in [0.5, 0.6) is 5.75 Å². The van der Waals surface area contributed by atoms with Crippen LogP contribution in [0.1, 0.15) is 33.0 Å². The molecule has 0 spiro atoms. The van der Waals surface area contributed by atoms with Crippen molar-refractivity contribution in [3.8, 4) is 5.75 Å². The number of rotatable bonds is 8. The molecule has 0 aliphatic carbocycles. The Labute approximate surface area is 176 Å². The Balaban J connectivity index is 1.75. The number of methoxy groups -OCH3 is 1. The van der Waals surface area contributed by atoms with E-state index in [9.17, 15) is 9.59 Å². The molecule has 0 N–H and O–H groups in total. The third-order valence-corrected chi connectivity index (χ3v) is 4.77. The van der Waals surface area contributed by atoms with E-state index in [1.807, 2.05) is 61.5 Å². The molecule has 0 aliphatic heterocycles. The lowest BCUT2D eigenvalue weighted by Crippen LogP contribution is -2.20. The van der Waals surface area contributed by atoms with Crippen LogP contribution >= 0.6 is 0 Å². The first-order chi connectivity index (χ1) is 14.6. The minimum Gasteiger partial charge on any atom is -0.497 e. The predicted molar refractivity (Wildman–Crippen MR) is 118 cm³/mol. The average Bonchev–Trinajstić information content (AvgIpc) is 2.79. The molecule has 0 radical (unpaired) electrons. The van der Waals surface area contributed by atoms with Crippen LogP contribution in [0, 0.1) is 6.92 Å². The van der Waals surface area contributed by atoms with Crippen molar-refractivity contribution in [3.63, 3.8) is 0 Å². The number of carbonyl (C=O) groups excluding carboxylic acids is 2. The van der Waals surface area contributed by atoms with Gasteiger partial charge in [-0.3, -0.25) is 4.79 Å². The Bertz CT molecular complexity index is 1000. The van der Waals surface area contributed by atoms with E-state index < -0.39 is 11.9 Å². The summed E-state index contributed by atoms with van der Waals surface area (Å²) in [6.07, 6.45) is 3.06. The SMILES string of the molecule is COc1ccc(C(=O)C(COC(=O)/C=C/c2ccccc2)c2ccc(C)cc2)cc1. The summed E-state index contributed by atoms with van der Waals surface area (Å²) in [6, 6.07) is 24.1. The number of esters is 1. The van der Waals surface area contributed by atoms with Gasteiger partial charge in [-0.25, -0.2) is 4.79 Å². The predicted octanol–water partition coefficient (Wildman–Crippen LogP) is 5.23. The first kappa shape index (κ1) is 21.1. The summed E-state index contributed by atoms with van der Waals surface area (Å²) >= 11 is 0. The highest BCUT2D eigenvalue weighted by Crippen LogP contribution is 2.24. The second-order valence-electron chi connectivity index (χ2n) is 6.93. The van der Waals surface area contributed by atoms with Crippen LogP contribution in [-0.2, 0) is 9.53 Å². The monoisotopic (exact) mass is 400 g/mol. The molecule has 3 rings (SSSR count). The van der Waals surface area contributed by atoms with Gasteiger partial charge in [-0.15, -0.1) is 0 Å². The third-order valence-electron chi connectivity index (χ3n) is 4.77. The van der Waals surface area contributed by atoms with Crippen LogP contribution in [0.2, 0.25) is 0 Å². The maximum atomic E-state index is 13.2. The van der Waals surface area contributed by atoms with Crippen LogP contribution in [0.15, 0.2) is 84.9 Å². The Morgan fingerprint density at radius 3 is 2.20 bits per heavy atom. The molecule has 3 aromatic rings. The van der Waals surface area contributed by atoms with E-state index in [0.717, 1.165) is 16.7 Å². The van der Waals surface area contributed by atoms with E-state index in [0.29, 0.717) is 11.3 Å². The highest BCUT2D eigenvalue weighted by Gasteiger charge is 2.23. The molecule has 4 nitrogen and oxygen atoms in total. The number of Topliss-reactive ketones (excluding diaryl/α,β-unsaturated/α-hetero) is 1. The third kappa shape index (κ3) is 5.67. The fourth-order valence-electron chi connectivity index (χ4n) is 3.02. The van der Waals surface area contributed by atoms with Gasteiger partial charge in [0.25, 0.3) is 0 Å². The van der Waals surface area contributed by atoms with Crippen molar-refractivity contribution < 1.29 is 19.1 Å². The molecular weight excluding hydrogens is 376 g/mol. The largest absolute Gasteiger partial charge is 0.497 e. The summed E-state index contributed by atoms with van der Waals surface area (Å²) < 4.78 is 10.6. The van der Waals surface area contributed by atoms with Crippen molar-refractivity contribution in [2.24, 2.45) is 0 Å². The first-order valence-electron chi connectivity index (χ1n) is 9.71. The lowest BCUT2D eigenvalue weighted by atomic mass is 9.91. The Hall–Kier alpha value is -3.66. The first-order valence-corrected chi connectivity index (χ1v) is 9.71. The van der Waals surface area contributed by atoms with Crippen LogP contribution in [-0.4, -0.2) is 25.5 Å². The molecular formula is C26H24O4. The van der Waals surface area contributed by atoms with Crippen LogP contribution in [0.25, 0.3) is 6.08 Å². The highest BCUT2D eigenvalue weighted by atomic mass is 16.5. The Kier molecular flexibility index (Phi) is 7.17. The topological polar surface area (TPSA) is 52.6 Å². The number of ether oxygens (including phenoxy) is 2. The maximum absolute atomic E-state index is 13.2. The van der Waals surface area contributed by atoms with Gasteiger partial charge in [-0.2, -0.15) is 0 Å². The van der Waals surface area contributed by atoms with Crippen molar-refractivity contribution >= 4 is 17.8 Å². The van der Waals surface area contributed by atoms with Gasteiger partial charge in [0.2, 0.25) is 0 Å². The quantitative estimate of drug-likeness (QED) is 0.295. The fourth-order valence-corrected chi connectivity index (χ4v) is 3.02. The minimum atomic E-state index is -0.590. The molecule has 3 aromatic carbocycles. The smallest absolute Gasteiger partial charge is 0.330 e. The zero-order valence-electron chi connectivity index (χ0n) is 17.1. The summed E-state index contributed by atoms with van der Waals surface area (Å²) in [6.45, 7) is 1.95. The van der Waals surface area contributed by atoms with Crippen LogP contribution < -0.4 is 4.74 Å². The Morgan fingerprint density at radius 2 is 1.57 bits per heavy atom. The summed E-state index contributed by atoms with van der Waals surface area (Å²) in [7, 11) is 1.58. The molecule has 0 fully saturated rings. The molecule has 0 amide bonds. The molecule has 0 bridgehead atoms. The maximum Gasteiger partial charge on any atom is 0.330 e. The summed E-state index contributed by atoms with van der Waals surface area (Å²) in [5, 5.41) is 0. The van der Waals surface area contributed by atoms with E-state index in [-0.39, 0.29) is 12.4 Å². The van der Waals surface area contributed by atoms with Crippen LogP contribution in [0.4, 0.5) is 0 Å². The number of hydrogen-bond acceptors (Lipinski definition) is 4. The van der Waals surface area contributed by atoms with Crippen molar-refractivity contribution in [2.75, 3.05) is 13.7 Å². The van der Waals surface area contributed by atoms with Crippen molar-refractivity contribution in [1.29, 1.82) is 0 Å². The number of benzene rings is 3. The van der Waals surface area contributed by atoms with Gasteiger partial charge < -0.3 is 9.47 Å². The number of aryl methyl sites for hydroxylation is 1. The molecule has 0 aliphatic rings. The van der Waals surface area contributed by atoms with Crippen molar-refractivity contribution in [1.82, 2.24) is 0 Å². The molecule has 1 unspecified atom stereocenters. The van der Waals surface area contributed by atoms with E-state index in [4.69, 9.17) is 9.47 Å². The van der Waals surface area contributed by atoms with E-state index >= 15 is 0 Å². The normalized spacial score (nSPS) is 11.8. The van der Waals surface area contributed by atoms with E-state index in [1.54, 1.807) is 37.5 Å². The number of hydrogen-bond donors (Lipinski definition) is 0. The standard InChI is InChI=1S/C26H24O4/c1-19-8-11-21(12-9-19)24(26(28)22-13-15-23(29-2)16-14-22)18-30-25(27)17-10-20-6-4-3-5-7-20/h3-17,24H,18H2,1-2H3/b17-10+.